The number of hydrogen-bond donors (Lipinski definition) is 1. The molecule has 1 saturated heterocycles. The van der Waals surface area contributed by atoms with Gasteiger partial charge in [-0.05, 0) is 54.8 Å². The lowest BCUT2D eigenvalue weighted by atomic mass is 9.94. The maximum atomic E-state index is 13.0. The Hall–Kier alpha value is -3.61. The number of aliphatic hydroxyl groups excluding tert-OH is 1. The summed E-state index contributed by atoms with van der Waals surface area (Å²) >= 11 is 0. The number of rotatable bonds is 7. The van der Waals surface area contributed by atoms with Crippen molar-refractivity contribution in [3.8, 4) is 11.5 Å². The minimum absolute atomic E-state index is 0.00986. The zero-order valence-electron chi connectivity index (χ0n) is 18.7. The first-order chi connectivity index (χ1) is 15.3. The van der Waals surface area contributed by atoms with Crippen LogP contribution in [0.3, 0.4) is 0 Å². The predicted octanol–water partition coefficient (Wildman–Crippen LogP) is 4.15. The SMILES string of the molecule is CCCCN1C(=O)C(=O)/C(=C(/O)c2ccc(OC)c(C)c2)C1c1cccc(OC(C)=O)c1. The quantitative estimate of drug-likeness (QED) is 0.230. The zero-order valence-corrected chi connectivity index (χ0v) is 18.7. The fourth-order valence-corrected chi connectivity index (χ4v) is 3.88. The van der Waals surface area contributed by atoms with E-state index in [0.717, 1.165) is 12.0 Å². The average molecular weight is 437 g/mol. The molecule has 3 rings (SSSR count). The van der Waals surface area contributed by atoms with E-state index in [1.807, 2.05) is 13.8 Å². The molecule has 0 aromatic heterocycles. The molecule has 0 bridgehead atoms. The van der Waals surface area contributed by atoms with Gasteiger partial charge in [0.15, 0.2) is 0 Å². The van der Waals surface area contributed by atoms with Crippen molar-refractivity contribution in [3.63, 3.8) is 0 Å². The molecular formula is C25H27NO6. The molecule has 1 amide bonds. The topological polar surface area (TPSA) is 93.1 Å². The summed E-state index contributed by atoms with van der Waals surface area (Å²) in [7, 11) is 1.55. The van der Waals surface area contributed by atoms with Crippen molar-refractivity contribution < 1.29 is 29.0 Å². The number of esters is 1. The zero-order chi connectivity index (χ0) is 23.4. The highest BCUT2D eigenvalue weighted by Crippen LogP contribution is 2.40. The highest BCUT2D eigenvalue weighted by molar-refractivity contribution is 6.46. The van der Waals surface area contributed by atoms with Crippen LogP contribution in [0.2, 0.25) is 0 Å². The van der Waals surface area contributed by atoms with E-state index >= 15 is 0 Å². The van der Waals surface area contributed by atoms with Gasteiger partial charge in [0.05, 0.1) is 18.7 Å². The van der Waals surface area contributed by atoms with E-state index in [-0.39, 0.29) is 11.3 Å². The molecule has 7 heteroatoms. The summed E-state index contributed by atoms with van der Waals surface area (Å²) in [6.45, 7) is 5.48. The molecule has 2 aromatic carbocycles. The van der Waals surface area contributed by atoms with E-state index in [2.05, 4.69) is 0 Å². The van der Waals surface area contributed by atoms with Crippen LogP contribution in [0.25, 0.3) is 5.76 Å². The van der Waals surface area contributed by atoms with Crippen LogP contribution in [-0.2, 0) is 14.4 Å². The standard InChI is InChI=1S/C25H27NO6/c1-5-6-12-26-22(17-8-7-9-19(14-17)32-16(3)27)21(24(29)25(26)30)23(28)18-10-11-20(31-4)15(2)13-18/h7-11,13-14,22,28H,5-6,12H2,1-4H3/b23-21+. The second-order valence-electron chi connectivity index (χ2n) is 7.70. The van der Waals surface area contributed by atoms with Crippen molar-refractivity contribution in [2.24, 2.45) is 0 Å². The van der Waals surface area contributed by atoms with E-state index in [9.17, 15) is 19.5 Å². The molecule has 0 spiro atoms. The van der Waals surface area contributed by atoms with Gasteiger partial charge in [0.25, 0.3) is 11.7 Å². The number of Topliss-reactive ketones (excluding diaryl/α,β-unsaturated/α-hetero) is 1. The summed E-state index contributed by atoms with van der Waals surface area (Å²) in [6, 6.07) is 10.9. The highest BCUT2D eigenvalue weighted by atomic mass is 16.5. The molecule has 0 aliphatic carbocycles. The fraction of sp³-hybridized carbons (Fsp3) is 0.320. The molecule has 32 heavy (non-hydrogen) atoms. The smallest absolute Gasteiger partial charge is 0.308 e. The summed E-state index contributed by atoms with van der Waals surface area (Å²) in [4.78, 5) is 38.8. The number of ketones is 1. The van der Waals surface area contributed by atoms with Crippen molar-refractivity contribution in [1.82, 2.24) is 4.90 Å². The second kappa shape index (κ2) is 9.68. The molecular weight excluding hydrogens is 410 g/mol. The van der Waals surface area contributed by atoms with E-state index in [1.54, 1.807) is 49.6 Å². The third-order valence-electron chi connectivity index (χ3n) is 5.40. The van der Waals surface area contributed by atoms with Crippen molar-refractivity contribution in [1.29, 1.82) is 0 Å². The van der Waals surface area contributed by atoms with Crippen LogP contribution in [-0.4, -0.2) is 41.3 Å². The van der Waals surface area contributed by atoms with Crippen molar-refractivity contribution in [3.05, 3.63) is 64.7 Å². The van der Waals surface area contributed by atoms with E-state index in [0.29, 0.717) is 35.6 Å². The number of carbonyl (C=O) groups excluding carboxylic acids is 3. The van der Waals surface area contributed by atoms with Crippen molar-refractivity contribution in [2.45, 2.75) is 39.7 Å². The molecule has 1 unspecified atom stereocenters. The Bertz CT molecular complexity index is 1090. The highest BCUT2D eigenvalue weighted by Gasteiger charge is 2.45. The third-order valence-corrected chi connectivity index (χ3v) is 5.40. The monoisotopic (exact) mass is 437 g/mol. The molecule has 1 fully saturated rings. The van der Waals surface area contributed by atoms with E-state index in [1.165, 1.54) is 11.8 Å². The molecule has 0 saturated carbocycles. The molecule has 2 aromatic rings. The number of amides is 1. The van der Waals surface area contributed by atoms with Gasteiger partial charge in [-0.15, -0.1) is 0 Å². The number of ether oxygens (including phenoxy) is 2. The van der Waals surface area contributed by atoms with Crippen molar-refractivity contribution >= 4 is 23.4 Å². The van der Waals surface area contributed by atoms with Gasteiger partial charge >= 0.3 is 5.97 Å². The first-order valence-electron chi connectivity index (χ1n) is 10.5. The summed E-state index contributed by atoms with van der Waals surface area (Å²) in [6.07, 6.45) is 1.54. The Morgan fingerprint density at radius 1 is 1.16 bits per heavy atom. The first-order valence-corrected chi connectivity index (χ1v) is 10.5. The predicted molar refractivity (Wildman–Crippen MR) is 119 cm³/mol. The number of benzene rings is 2. The van der Waals surface area contributed by atoms with E-state index < -0.39 is 23.7 Å². The van der Waals surface area contributed by atoms with Crippen LogP contribution in [0, 0.1) is 6.92 Å². The number of methoxy groups -OCH3 is 1. The maximum Gasteiger partial charge on any atom is 0.308 e. The van der Waals surface area contributed by atoms with Gasteiger partial charge in [-0.1, -0.05) is 25.5 Å². The Morgan fingerprint density at radius 2 is 1.91 bits per heavy atom. The summed E-state index contributed by atoms with van der Waals surface area (Å²) in [5.41, 5.74) is 1.78. The number of unbranched alkanes of at least 4 members (excludes halogenated alkanes) is 1. The summed E-state index contributed by atoms with van der Waals surface area (Å²) in [5.74, 6) is -1.18. The van der Waals surface area contributed by atoms with Gasteiger partial charge < -0.3 is 19.5 Å². The molecule has 1 aliphatic heterocycles. The van der Waals surface area contributed by atoms with Crippen LogP contribution >= 0.6 is 0 Å². The Morgan fingerprint density at radius 3 is 2.53 bits per heavy atom. The second-order valence-corrected chi connectivity index (χ2v) is 7.70. The maximum absolute atomic E-state index is 13.0. The van der Waals surface area contributed by atoms with Crippen LogP contribution in [0.15, 0.2) is 48.0 Å². The molecule has 1 atom stereocenters. The van der Waals surface area contributed by atoms with Crippen LogP contribution in [0.4, 0.5) is 0 Å². The molecule has 0 radical (unpaired) electrons. The first kappa shape index (κ1) is 23.1. The number of nitrogens with zero attached hydrogens (tertiary/aromatic N) is 1. The van der Waals surface area contributed by atoms with Gasteiger partial charge in [0.1, 0.15) is 17.3 Å². The summed E-state index contributed by atoms with van der Waals surface area (Å²) in [5, 5.41) is 11.1. The number of aliphatic hydroxyl groups is 1. The molecule has 1 heterocycles. The number of carbonyl (C=O) groups is 3. The Labute approximate surface area is 187 Å². The van der Waals surface area contributed by atoms with Gasteiger partial charge in [-0.25, -0.2) is 0 Å². The van der Waals surface area contributed by atoms with Gasteiger partial charge in [-0.2, -0.15) is 0 Å². The van der Waals surface area contributed by atoms with Crippen LogP contribution in [0.5, 0.6) is 11.5 Å². The van der Waals surface area contributed by atoms with Crippen molar-refractivity contribution in [2.75, 3.05) is 13.7 Å². The average Bonchev–Trinajstić information content (AvgIpc) is 3.01. The largest absolute Gasteiger partial charge is 0.507 e. The minimum Gasteiger partial charge on any atom is -0.507 e. The third kappa shape index (κ3) is 4.51. The van der Waals surface area contributed by atoms with E-state index in [4.69, 9.17) is 9.47 Å². The molecule has 168 valence electrons. The molecule has 7 nitrogen and oxygen atoms in total. The van der Waals surface area contributed by atoms with Gasteiger partial charge in [0, 0.05) is 19.0 Å². The van der Waals surface area contributed by atoms with Crippen LogP contribution < -0.4 is 9.47 Å². The Kier molecular flexibility index (Phi) is 6.98. The number of hydrogen-bond acceptors (Lipinski definition) is 6. The summed E-state index contributed by atoms with van der Waals surface area (Å²) < 4.78 is 10.5. The lowest BCUT2D eigenvalue weighted by Gasteiger charge is -2.25. The number of aryl methyl sites for hydroxylation is 1. The van der Waals surface area contributed by atoms with Gasteiger partial charge in [-0.3, -0.25) is 14.4 Å². The molecule has 1 aliphatic rings. The number of likely N-dealkylation sites (tertiary alicyclic amines) is 1. The van der Waals surface area contributed by atoms with Crippen LogP contribution in [0.1, 0.15) is 49.4 Å². The lowest BCUT2D eigenvalue weighted by Crippen LogP contribution is -2.30. The Balaban J connectivity index is 2.16. The minimum atomic E-state index is -0.792. The van der Waals surface area contributed by atoms with Gasteiger partial charge in [0.2, 0.25) is 0 Å². The molecule has 1 N–H and O–H groups in total. The normalized spacial score (nSPS) is 17.5. The lowest BCUT2D eigenvalue weighted by molar-refractivity contribution is -0.139. The fourth-order valence-electron chi connectivity index (χ4n) is 3.88.